The van der Waals surface area contributed by atoms with Crippen LogP contribution in [0.5, 0.6) is 0 Å². The van der Waals surface area contributed by atoms with Gasteiger partial charge in [-0.3, -0.25) is 0 Å². The molecule has 0 radical (unpaired) electrons. The van der Waals surface area contributed by atoms with Crippen LogP contribution in [0.15, 0.2) is 36.5 Å². The molecule has 86 valence electrons. The van der Waals surface area contributed by atoms with Gasteiger partial charge in [0.05, 0.1) is 0 Å². The lowest BCUT2D eigenvalue weighted by molar-refractivity contribution is 1.15. The van der Waals surface area contributed by atoms with Gasteiger partial charge in [0.15, 0.2) is 0 Å². The Labute approximate surface area is 118 Å². The molecule has 0 aliphatic rings. The lowest BCUT2D eigenvalue weighted by atomic mass is 10.3. The van der Waals surface area contributed by atoms with E-state index in [0.717, 1.165) is 9.26 Å². The van der Waals surface area contributed by atoms with Gasteiger partial charge in [0, 0.05) is 15.5 Å². The van der Waals surface area contributed by atoms with Gasteiger partial charge in [-0.1, -0.05) is 18.3 Å². The van der Waals surface area contributed by atoms with Crippen molar-refractivity contribution in [3.05, 3.63) is 45.8 Å². The van der Waals surface area contributed by atoms with Crippen LogP contribution in [0.2, 0.25) is 0 Å². The zero-order chi connectivity index (χ0) is 12.3. The largest absolute Gasteiger partial charge is 0.388 e. The standard InChI is InChI=1S/C11H9IN4S/c12-7-2-1-3-8(6-7)15-11-14-5-4-9(16-11)10(13)17/h1-6H,(H2,13,17)(H,14,15,16). The molecule has 17 heavy (non-hydrogen) atoms. The minimum absolute atomic E-state index is 0.262. The van der Waals surface area contributed by atoms with Gasteiger partial charge in [-0.15, -0.1) is 0 Å². The maximum Gasteiger partial charge on any atom is 0.227 e. The van der Waals surface area contributed by atoms with Crippen molar-refractivity contribution in [2.75, 3.05) is 5.32 Å². The molecule has 0 bridgehead atoms. The first-order valence-corrected chi connectivity index (χ1v) is 6.29. The highest BCUT2D eigenvalue weighted by Gasteiger charge is 2.02. The molecule has 0 saturated carbocycles. The zero-order valence-corrected chi connectivity index (χ0v) is 11.7. The smallest absolute Gasteiger partial charge is 0.227 e. The van der Waals surface area contributed by atoms with E-state index in [1.807, 2.05) is 24.3 Å². The van der Waals surface area contributed by atoms with E-state index in [1.165, 1.54) is 0 Å². The van der Waals surface area contributed by atoms with Crippen LogP contribution < -0.4 is 11.1 Å². The number of aromatic nitrogens is 2. The molecule has 0 spiro atoms. The van der Waals surface area contributed by atoms with Crippen molar-refractivity contribution in [2.45, 2.75) is 0 Å². The van der Waals surface area contributed by atoms with Crippen LogP contribution in [-0.4, -0.2) is 15.0 Å². The number of halogens is 1. The first-order valence-electron chi connectivity index (χ1n) is 4.80. The van der Waals surface area contributed by atoms with Gasteiger partial charge in [-0.05, 0) is 46.9 Å². The Morgan fingerprint density at radius 2 is 2.18 bits per heavy atom. The summed E-state index contributed by atoms with van der Waals surface area (Å²) in [6.45, 7) is 0. The fourth-order valence-corrected chi connectivity index (χ4v) is 1.91. The van der Waals surface area contributed by atoms with Crippen LogP contribution in [-0.2, 0) is 0 Å². The average molecular weight is 356 g/mol. The molecule has 0 saturated heterocycles. The van der Waals surface area contributed by atoms with Gasteiger partial charge in [-0.25, -0.2) is 9.97 Å². The van der Waals surface area contributed by atoms with E-state index in [9.17, 15) is 0 Å². The third-order valence-corrected chi connectivity index (χ3v) is 2.87. The third kappa shape index (κ3) is 3.34. The highest BCUT2D eigenvalue weighted by Crippen LogP contribution is 2.15. The predicted octanol–water partition coefficient (Wildman–Crippen LogP) is 2.46. The molecule has 0 atom stereocenters. The molecular formula is C11H9IN4S. The normalized spacial score (nSPS) is 9.94. The number of hydrogen-bond acceptors (Lipinski definition) is 4. The van der Waals surface area contributed by atoms with E-state index in [4.69, 9.17) is 18.0 Å². The third-order valence-electron chi connectivity index (χ3n) is 1.99. The zero-order valence-electron chi connectivity index (χ0n) is 8.72. The summed E-state index contributed by atoms with van der Waals surface area (Å²) in [4.78, 5) is 8.58. The van der Waals surface area contributed by atoms with Crippen LogP contribution in [0.4, 0.5) is 11.6 Å². The van der Waals surface area contributed by atoms with Gasteiger partial charge in [0.2, 0.25) is 5.95 Å². The summed E-state index contributed by atoms with van der Waals surface area (Å²) in [5.41, 5.74) is 7.00. The molecule has 1 aromatic carbocycles. The first kappa shape index (κ1) is 12.2. The number of benzene rings is 1. The van der Waals surface area contributed by atoms with E-state index < -0.39 is 0 Å². The Kier molecular flexibility index (Phi) is 3.85. The Morgan fingerprint density at radius 1 is 1.35 bits per heavy atom. The molecule has 2 rings (SSSR count). The molecular weight excluding hydrogens is 347 g/mol. The van der Waals surface area contributed by atoms with Gasteiger partial charge in [0.1, 0.15) is 10.7 Å². The number of rotatable bonds is 3. The average Bonchev–Trinajstić information content (AvgIpc) is 2.29. The predicted molar refractivity (Wildman–Crippen MR) is 80.4 cm³/mol. The Morgan fingerprint density at radius 3 is 2.88 bits per heavy atom. The summed E-state index contributed by atoms with van der Waals surface area (Å²) in [6, 6.07) is 9.60. The molecule has 0 amide bonds. The summed E-state index contributed by atoms with van der Waals surface area (Å²) in [7, 11) is 0. The monoisotopic (exact) mass is 356 g/mol. The van der Waals surface area contributed by atoms with Gasteiger partial charge < -0.3 is 11.1 Å². The number of nitrogens with one attached hydrogen (secondary N) is 1. The van der Waals surface area contributed by atoms with Gasteiger partial charge >= 0.3 is 0 Å². The van der Waals surface area contributed by atoms with Crippen molar-refractivity contribution in [3.8, 4) is 0 Å². The topological polar surface area (TPSA) is 63.8 Å². The van der Waals surface area contributed by atoms with E-state index in [2.05, 4.69) is 37.9 Å². The van der Waals surface area contributed by atoms with Crippen molar-refractivity contribution < 1.29 is 0 Å². The molecule has 2 aromatic rings. The van der Waals surface area contributed by atoms with E-state index >= 15 is 0 Å². The maximum absolute atomic E-state index is 5.51. The summed E-state index contributed by atoms with van der Waals surface area (Å²) < 4.78 is 1.14. The lowest BCUT2D eigenvalue weighted by Gasteiger charge is -2.05. The van der Waals surface area contributed by atoms with Gasteiger partial charge in [0.25, 0.3) is 0 Å². The molecule has 1 aromatic heterocycles. The summed E-state index contributed by atoms with van der Waals surface area (Å²) in [6.07, 6.45) is 1.62. The number of nitrogens with zero attached hydrogens (tertiary/aromatic N) is 2. The van der Waals surface area contributed by atoms with Crippen LogP contribution in [0.1, 0.15) is 5.69 Å². The highest BCUT2D eigenvalue weighted by atomic mass is 127. The van der Waals surface area contributed by atoms with Crippen LogP contribution >= 0.6 is 34.8 Å². The molecule has 0 aliphatic carbocycles. The van der Waals surface area contributed by atoms with Crippen LogP contribution in [0.25, 0.3) is 0 Å². The first-order chi connectivity index (χ1) is 8.15. The summed E-state index contributed by atoms with van der Waals surface area (Å²) in [5.74, 6) is 0.484. The Hall–Kier alpha value is -1.28. The van der Waals surface area contributed by atoms with Crippen molar-refractivity contribution in [1.82, 2.24) is 9.97 Å². The lowest BCUT2D eigenvalue weighted by Crippen LogP contribution is -2.12. The van der Waals surface area contributed by atoms with Crippen LogP contribution in [0.3, 0.4) is 0 Å². The number of thiocarbonyl (C=S) groups is 1. The number of hydrogen-bond donors (Lipinski definition) is 2. The highest BCUT2D eigenvalue weighted by molar-refractivity contribution is 14.1. The summed E-state index contributed by atoms with van der Waals surface area (Å²) >= 11 is 7.11. The van der Waals surface area contributed by atoms with Crippen molar-refractivity contribution >= 4 is 51.4 Å². The van der Waals surface area contributed by atoms with Gasteiger partial charge in [-0.2, -0.15) is 0 Å². The Bertz CT molecular complexity index is 559. The second kappa shape index (κ2) is 5.37. The minimum Gasteiger partial charge on any atom is -0.388 e. The summed E-state index contributed by atoms with van der Waals surface area (Å²) in [5, 5.41) is 3.10. The van der Waals surface area contributed by atoms with Crippen molar-refractivity contribution in [2.24, 2.45) is 5.73 Å². The minimum atomic E-state index is 0.262. The second-order valence-electron chi connectivity index (χ2n) is 3.27. The van der Waals surface area contributed by atoms with Crippen molar-refractivity contribution in [1.29, 1.82) is 0 Å². The van der Waals surface area contributed by atoms with Crippen molar-refractivity contribution in [3.63, 3.8) is 0 Å². The van der Waals surface area contributed by atoms with E-state index in [0.29, 0.717) is 11.6 Å². The molecule has 0 aliphatic heterocycles. The molecule has 0 fully saturated rings. The number of anilines is 2. The fourth-order valence-electron chi connectivity index (χ4n) is 1.25. The molecule has 0 unspecified atom stereocenters. The molecule has 6 heteroatoms. The van der Waals surface area contributed by atoms with E-state index in [1.54, 1.807) is 12.3 Å². The quantitative estimate of drug-likeness (QED) is 0.654. The molecule has 3 N–H and O–H groups in total. The van der Waals surface area contributed by atoms with Crippen LogP contribution in [0, 0.1) is 3.57 Å². The number of nitrogens with two attached hydrogens (primary N) is 1. The SMILES string of the molecule is NC(=S)c1ccnc(Nc2cccc(I)c2)n1. The Balaban J connectivity index is 2.24. The van der Waals surface area contributed by atoms with E-state index in [-0.39, 0.29) is 4.99 Å². The second-order valence-corrected chi connectivity index (χ2v) is 4.95. The molecule has 1 heterocycles. The maximum atomic E-state index is 5.51. The molecule has 4 nitrogen and oxygen atoms in total. The fraction of sp³-hybridized carbons (Fsp3) is 0.